The van der Waals surface area contributed by atoms with Crippen molar-refractivity contribution in [3.63, 3.8) is 0 Å². The number of anilines is 1. The van der Waals surface area contributed by atoms with Gasteiger partial charge in [-0.15, -0.1) is 0 Å². The van der Waals surface area contributed by atoms with Crippen molar-refractivity contribution in [2.45, 2.75) is 18.9 Å². The Hall–Kier alpha value is -3.06. The van der Waals surface area contributed by atoms with Gasteiger partial charge in [-0.3, -0.25) is 19.4 Å². The zero-order valence-corrected chi connectivity index (χ0v) is 18.1. The van der Waals surface area contributed by atoms with Crippen LogP contribution in [0.25, 0.3) is 0 Å². The fraction of sp³-hybridized carbons (Fsp3) is 0.417. The van der Waals surface area contributed by atoms with E-state index in [0.29, 0.717) is 13.0 Å². The number of benzene rings is 2. The van der Waals surface area contributed by atoms with Crippen molar-refractivity contribution < 1.29 is 19.1 Å². The zero-order chi connectivity index (χ0) is 21.8. The van der Waals surface area contributed by atoms with Crippen molar-refractivity contribution in [2.75, 3.05) is 51.8 Å². The van der Waals surface area contributed by atoms with E-state index in [2.05, 4.69) is 21.9 Å². The van der Waals surface area contributed by atoms with E-state index >= 15 is 0 Å². The SMILES string of the molecule is COc1ccc(CCN2C(=O)CC(N3CCN(c4ccc(OC)cc4)CC3)C2=O)cc1. The molecule has 7 heteroatoms. The lowest BCUT2D eigenvalue weighted by molar-refractivity contribution is -0.139. The summed E-state index contributed by atoms with van der Waals surface area (Å²) in [4.78, 5) is 31.4. The molecule has 2 aromatic rings. The van der Waals surface area contributed by atoms with Crippen LogP contribution in [0.2, 0.25) is 0 Å². The van der Waals surface area contributed by atoms with Gasteiger partial charge in [0.1, 0.15) is 11.5 Å². The Morgan fingerprint density at radius 3 is 2.00 bits per heavy atom. The van der Waals surface area contributed by atoms with Gasteiger partial charge in [0, 0.05) is 38.4 Å². The molecule has 2 heterocycles. The second-order valence-electron chi connectivity index (χ2n) is 7.92. The lowest BCUT2D eigenvalue weighted by Gasteiger charge is -2.38. The normalized spacial score (nSPS) is 19.7. The monoisotopic (exact) mass is 423 g/mol. The average molecular weight is 424 g/mol. The maximum absolute atomic E-state index is 13.0. The minimum absolute atomic E-state index is 0.0589. The van der Waals surface area contributed by atoms with Gasteiger partial charge in [0.15, 0.2) is 0 Å². The van der Waals surface area contributed by atoms with Crippen LogP contribution < -0.4 is 14.4 Å². The number of piperazine rings is 1. The van der Waals surface area contributed by atoms with E-state index in [-0.39, 0.29) is 24.3 Å². The van der Waals surface area contributed by atoms with Gasteiger partial charge in [0.05, 0.1) is 26.7 Å². The van der Waals surface area contributed by atoms with Crippen molar-refractivity contribution in [2.24, 2.45) is 0 Å². The van der Waals surface area contributed by atoms with Crippen LogP contribution in [-0.4, -0.2) is 74.6 Å². The molecule has 0 bridgehead atoms. The molecule has 0 radical (unpaired) electrons. The second-order valence-corrected chi connectivity index (χ2v) is 7.92. The molecule has 1 atom stereocenters. The standard InChI is InChI=1S/C24H29N3O4/c1-30-20-7-3-18(4-8-20)11-12-27-23(28)17-22(24(27)29)26-15-13-25(14-16-26)19-5-9-21(31-2)10-6-19/h3-10,22H,11-17H2,1-2H3. The molecule has 2 aliphatic rings. The zero-order valence-electron chi connectivity index (χ0n) is 18.1. The number of hydrogen-bond acceptors (Lipinski definition) is 6. The highest BCUT2D eigenvalue weighted by Crippen LogP contribution is 2.24. The Bertz CT molecular complexity index is 905. The van der Waals surface area contributed by atoms with Gasteiger partial charge in [-0.05, 0) is 48.4 Å². The highest BCUT2D eigenvalue weighted by Gasteiger charge is 2.42. The molecular formula is C24H29N3O4. The molecule has 7 nitrogen and oxygen atoms in total. The highest BCUT2D eigenvalue weighted by molar-refractivity contribution is 6.05. The molecule has 164 valence electrons. The maximum Gasteiger partial charge on any atom is 0.247 e. The topological polar surface area (TPSA) is 62.3 Å². The van der Waals surface area contributed by atoms with E-state index < -0.39 is 0 Å². The van der Waals surface area contributed by atoms with E-state index in [1.165, 1.54) is 4.90 Å². The van der Waals surface area contributed by atoms with E-state index in [1.807, 2.05) is 36.4 Å². The Morgan fingerprint density at radius 2 is 1.42 bits per heavy atom. The van der Waals surface area contributed by atoms with E-state index in [1.54, 1.807) is 14.2 Å². The van der Waals surface area contributed by atoms with E-state index in [0.717, 1.165) is 48.9 Å². The molecule has 2 amide bonds. The number of nitrogens with zero attached hydrogens (tertiary/aromatic N) is 3. The summed E-state index contributed by atoms with van der Waals surface area (Å²) in [7, 11) is 3.29. The van der Waals surface area contributed by atoms with Crippen LogP contribution in [0.15, 0.2) is 48.5 Å². The fourth-order valence-corrected chi connectivity index (χ4v) is 4.30. The predicted molar refractivity (Wildman–Crippen MR) is 119 cm³/mol. The third kappa shape index (κ3) is 4.66. The first-order chi connectivity index (χ1) is 15.1. The summed E-state index contributed by atoms with van der Waals surface area (Å²) in [5.74, 6) is 1.51. The molecule has 2 fully saturated rings. The number of methoxy groups -OCH3 is 2. The molecule has 2 saturated heterocycles. The van der Waals surface area contributed by atoms with Gasteiger partial charge in [0.2, 0.25) is 11.8 Å². The molecule has 31 heavy (non-hydrogen) atoms. The lowest BCUT2D eigenvalue weighted by atomic mass is 10.1. The number of amides is 2. The number of carbonyl (C=O) groups excluding carboxylic acids is 2. The summed E-state index contributed by atoms with van der Waals surface area (Å²) < 4.78 is 10.4. The van der Waals surface area contributed by atoms with Gasteiger partial charge in [0.25, 0.3) is 0 Å². The minimum Gasteiger partial charge on any atom is -0.497 e. The van der Waals surface area contributed by atoms with Crippen molar-refractivity contribution in [3.05, 3.63) is 54.1 Å². The minimum atomic E-state index is -0.332. The third-order valence-electron chi connectivity index (χ3n) is 6.20. The van der Waals surface area contributed by atoms with Gasteiger partial charge in [-0.1, -0.05) is 12.1 Å². The largest absolute Gasteiger partial charge is 0.497 e. The quantitative estimate of drug-likeness (QED) is 0.637. The van der Waals surface area contributed by atoms with Crippen LogP contribution in [0, 0.1) is 0 Å². The first kappa shape index (κ1) is 21.2. The molecule has 0 aliphatic carbocycles. The molecule has 0 aromatic heterocycles. The molecular weight excluding hydrogens is 394 g/mol. The summed E-state index contributed by atoms with van der Waals surface area (Å²) in [5, 5.41) is 0. The first-order valence-electron chi connectivity index (χ1n) is 10.7. The fourth-order valence-electron chi connectivity index (χ4n) is 4.30. The van der Waals surface area contributed by atoms with Crippen molar-refractivity contribution in [1.29, 1.82) is 0 Å². The van der Waals surface area contributed by atoms with E-state index in [4.69, 9.17) is 9.47 Å². The Balaban J connectivity index is 1.31. The molecule has 0 N–H and O–H groups in total. The van der Waals surface area contributed by atoms with Crippen LogP contribution in [0.5, 0.6) is 11.5 Å². The number of carbonyl (C=O) groups is 2. The van der Waals surface area contributed by atoms with E-state index in [9.17, 15) is 9.59 Å². The predicted octanol–water partition coefficient (Wildman–Crippen LogP) is 2.20. The summed E-state index contributed by atoms with van der Waals surface area (Å²) in [5.41, 5.74) is 2.23. The Labute approximate surface area is 183 Å². The molecule has 2 aromatic carbocycles. The van der Waals surface area contributed by atoms with Crippen molar-refractivity contribution >= 4 is 17.5 Å². The Morgan fingerprint density at radius 1 is 0.839 bits per heavy atom. The molecule has 2 aliphatic heterocycles. The van der Waals surface area contributed by atoms with Crippen LogP contribution in [-0.2, 0) is 16.0 Å². The molecule has 0 spiro atoms. The molecule has 0 saturated carbocycles. The summed E-state index contributed by atoms with van der Waals surface area (Å²) >= 11 is 0. The van der Waals surface area contributed by atoms with Crippen LogP contribution in [0.3, 0.4) is 0 Å². The molecule has 4 rings (SSSR count). The van der Waals surface area contributed by atoms with Crippen LogP contribution in [0.4, 0.5) is 5.69 Å². The first-order valence-corrected chi connectivity index (χ1v) is 10.7. The number of rotatable bonds is 7. The number of imide groups is 1. The van der Waals surface area contributed by atoms with Gasteiger partial charge < -0.3 is 14.4 Å². The van der Waals surface area contributed by atoms with Crippen molar-refractivity contribution in [1.82, 2.24) is 9.80 Å². The van der Waals surface area contributed by atoms with Gasteiger partial charge >= 0.3 is 0 Å². The van der Waals surface area contributed by atoms with Gasteiger partial charge in [-0.25, -0.2) is 0 Å². The number of likely N-dealkylation sites (tertiary alicyclic amines) is 1. The summed E-state index contributed by atoms with van der Waals surface area (Å²) in [6, 6.07) is 15.4. The summed E-state index contributed by atoms with van der Waals surface area (Å²) in [6.07, 6.45) is 0.934. The second kappa shape index (κ2) is 9.39. The molecule has 1 unspecified atom stereocenters. The van der Waals surface area contributed by atoms with Crippen molar-refractivity contribution in [3.8, 4) is 11.5 Å². The number of ether oxygens (including phenoxy) is 2. The van der Waals surface area contributed by atoms with Gasteiger partial charge in [-0.2, -0.15) is 0 Å². The smallest absolute Gasteiger partial charge is 0.247 e. The summed E-state index contributed by atoms with van der Waals surface area (Å²) in [6.45, 7) is 3.61. The average Bonchev–Trinajstić information content (AvgIpc) is 3.11. The third-order valence-corrected chi connectivity index (χ3v) is 6.20. The lowest BCUT2D eigenvalue weighted by Crippen LogP contribution is -2.52. The van der Waals surface area contributed by atoms with Crippen LogP contribution >= 0.6 is 0 Å². The maximum atomic E-state index is 13.0. The van der Waals surface area contributed by atoms with Crippen LogP contribution in [0.1, 0.15) is 12.0 Å². The highest BCUT2D eigenvalue weighted by atomic mass is 16.5. The number of hydrogen-bond donors (Lipinski definition) is 0. The Kier molecular flexibility index (Phi) is 6.42.